The normalized spacial score (nSPS) is 22.9. The van der Waals surface area contributed by atoms with Crippen LogP contribution in [0.25, 0.3) is 0 Å². The number of nitrogens with zero attached hydrogens (tertiary/aromatic N) is 3. The van der Waals surface area contributed by atoms with Crippen molar-refractivity contribution in [2.24, 2.45) is 12.8 Å². The van der Waals surface area contributed by atoms with Crippen molar-refractivity contribution in [3.63, 3.8) is 0 Å². The Morgan fingerprint density at radius 3 is 2.72 bits per heavy atom. The highest BCUT2D eigenvalue weighted by molar-refractivity contribution is 7.89. The van der Waals surface area contributed by atoms with E-state index in [1.165, 1.54) is 4.31 Å². The number of sulfonamides is 1. The number of nitrogens with two attached hydrogens (primary N) is 1. The van der Waals surface area contributed by atoms with E-state index in [0.717, 1.165) is 19.3 Å². The van der Waals surface area contributed by atoms with Crippen LogP contribution in [0.4, 0.5) is 0 Å². The van der Waals surface area contributed by atoms with Crippen LogP contribution in [-0.4, -0.2) is 35.0 Å². The minimum atomic E-state index is -3.56. The molecule has 1 saturated heterocycles. The third-order valence-electron chi connectivity index (χ3n) is 3.41. The van der Waals surface area contributed by atoms with Crippen molar-refractivity contribution in [3.8, 4) is 0 Å². The first-order chi connectivity index (χ1) is 8.43. The molecule has 7 heteroatoms. The first-order valence-electron chi connectivity index (χ1n) is 6.20. The molecule has 0 saturated carbocycles. The summed E-state index contributed by atoms with van der Waals surface area (Å²) in [6.45, 7) is 2.26. The topological polar surface area (TPSA) is 81.2 Å². The van der Waals surface area contributed by atoms with Crippen LogP contribution in [0.15, 0.2) is 11.2 Å². The summed E-state index contributed by atoms with van der Waals surface area (Å²) in [6, 6.07) is 0. The molecule has 2 N–H and O–H groups in total. The highest BCUT2D eigenvalue weighted by Gasteiger charge is 2.32. The van der Waals surface area contributed by atoms with Gasteiger partial charge in [-0.15, -0.1) is 0 Å². The van der Waals surface area contributed by atoms with Crippen LogP contribution in [-0.2, 0) is 17.1 Å². The van der Waals surface area contributed by atoms with Gasteiger partial charge in [0, 0.05) is 19.8 Å². The zero-order valence-electron chi connectivity index (χ0n) is 10.8. The maximum atomic E-state index is 12.5. The molecule has 1 unspecified atom stereocenters. The average Bonchev–Trinajstić information content (AvgIpc) is 2.51. The third kappa shape index (κ3) is 2.43. The second-order valence-electron chi connectivity index (χ2n) is 4.77. The quantitative estimate of drug-likeness (QED) is 0.853. The molecule has 18 heavy (non-hydrogen) atoms. The molecular formula is C11H20N4O2S. The van der Waals surface area contributed by atoms with Gasteiger partial charge >= 0.3 is 0 Å². The highest BCUT2D eigenvalue weighted by Crippen LogP contribution is 2.21. The summed E-state index contributed by atoms with van der Waals surface area (Å²) >= 11 is 0. The van der Waals surface area contributed by atoms with Gasteiger partial charge in [0.05, 0.1) is 6.17 Å². The largest absolute Gasteiger partial charge is 0.337 e. The summed E-state index contributed by atoms with van der Waals surface area (Å²) in [5, 5.41) is 0.0971. The van der Waals surface area contributed by atoms with Gasteiger partial charge in [-0.2, -0.15) is 4.31 Å². The maximum Gasteiger partial charge on any atom is 0.263 e. The molecule has 1 fully saturated rings. The predicted molar refractivity (Wildman–Crippen MR) is 68.3 cm³/mol. The summed E-state index contributed by atoms with van der Waals surface area (Å²) in [4.78, 5) is 4.10. The standard InChI is InChI=1S/C11H20N4O2S/c1-9-13-11(8-14(9)2)18(16,17)15-7-5-3-4-6-10(15)12/h8,10H,3-7,12H2,1-2H3. The van der Waals surface area contributed by atoms with Crippen LogP contribution in [0.3, 0.4) is 0 Å². The van der Waals surface area contributed by atoms with Gasteiger partial charge < -0.3 is 10.3 Å². The Labute approximate surface area is 108 Å². The van der Waals surface area contributed by atoms with Crippen LogP contribution in [0.1, 0.15) is 31.5 Å². The van der Waals surface area contributed by atoms with E-state index >= 15 is 0 Å². The van der Waals surface area contributed by atoms with Crippen molar-refractivity contribution >= 4 is 10.0 Å². The first kappa shape index (κ1) is 13.5. The molecule has 0 amide bonds. The lowest BCUT2D eigenvalue weighted by Gasteiger charge is -2.24. The van der Waals surface area contributed by atoms with E-state index in [1.54, 1.807) is 24.7 Å². The van der Waals surface area contributed by atoms with Crippen LogP contribution < -0.4 is 5.73 Å². The zero-order valence-corrected chi connectivity index (χ0v) is 11.7. The zero-order chi connectivity index (χ0) is 13.3. The second kappa shape index (κ2) is 4.99. The third-order valence-corrected chi connectivity index (χ3v) is 5.20. The predicted octanol–water partition coefficient (Wildman–Crippen LogP) is 0.578. The molecule has 102 valence electrons. The molecule has 1 atom stereocenters. The molecule has 0 aromatic carbocycles. The minimum absolute atomic E-state index is 0.0971. The molecule has 6 nitrogen and oxygen atoms in total. The van der Waals surface area contributed by atoms with Crippen molar-refractivity contribution in [2.75, 3.05) is 6.54 Å². The average molecular weight is 272 g/mol. The van der Waals surface area contributed by atoms with E-state index in [-0.39, 0.29) is 5.03 Å². The Hall–Kier alpha value is -0.920. The Kier molecular flexibility index (Phi) is 3.74. The molecular weight excluding hydrogens is 252 g/mol. The monoisotopic (exact) mass is 272 g/mol. The highest BCUT2D eigenvalue weighted by atomic mass is 32.2. The fraction of sp³-hybridized carbons (Fsp3) is 0.727. The SMILES string of the molecule is Cc1nc(S(=O)(=O)N2CCCCCC2N)cn1C. The Morgan fingerprint density at radius 2 is 2.11 bits per heavy atom. The van der Waals surface area contributed by atoms with Gasteiger partial charge in [0.15, 0.2) is 5.03 Å². The molecule has 0 radical (unpaired) electrons. The number of hydrogen-bond donors (Lipinski definition) is 1. The van der Waals surface area contributed by atoms with Gasteiger partial charge in [-0.3, -0.25) is 0 Å². The molecule has 0 bridgehead atoms. The summed E-state index contributed by atoms with van der Waals surface area (Å²) in [7, 11) is -1.78. The molecule has 2 heterocycles. The molecule has 1 aromatic rings. The van der Waals surface area contributed by atoms with Gasteiger partial charge in [0.2, 0.25) is 0 Å². The lowest BCUT2D eigenvalue weighted by molar-refractivity contribution is 0.328. The van der Waals surface area contributed by atoms with Crippen molar-refractivity contribution < 1.29 is 8.42 Å². The van der Waals surface area contributed by atoms with Crippen molar-refractivity contribution in [2.45, 2.75) is 43.8 Å². The van der Waals surface area contributed by atoms with E-state index in [9.17, 15) is 8.42 Å². The summed E-state index contributed by atoms with van der Waals surface area (Å²) in [5.41, 5.74) is 5.96. The Balaban J connectivity index is 2.34. The van der Waals surface area contributed by atoms with Gasteiger partial charge in [0.25, 0.3) is 10.0 Å². The minimum Gasteiger partial charge on any atom is -0.337 e. The van der Waals surface area contributed by atoms with E-state index in [0.29, 0.717) is 18.8 Å². The Bertz CT molecular complexity index is 504. The van der Waals surface area contributed by atoms with E-state index in [4.69, 9.17) is 5.73 Å². The molecule has 0 spiro atoms. The van der Waals surface area contributed by atoms with Crippen LogP contribution in [0.2, 0.25) is 0 Å². The maximum absolute atomic E-state index is 12.5. The van der Waals surface area contributed by atoms with Crippen LogP contribution in [0, 0.1) is 6.92 Å². The van der Waals surface area contributed by atoms with Crippen molar-refractivity contribution in [3.05, 3.63) is 12.0 Å². The van der Waals surface area contributed by atoms with E-state index in [1.807, 2.05) is 0 Å². The Morgan fingerprint density at radius 1 is 1.39 bits per heavy atom. The molecule has 1 aliphatic rings. The van der Waals surface area contributed by atoms with Gasteiger partial charge in [0.1, 0.15) is 5.82 Å². The van der Waals surface area contributed by atoms with Crippen LogP contribution >= 0.6 is 0 Å². The fourth-order valence-electron chi connectivity index (χ4n) is 2.18. The summed E-state index contributed by atoms with van der Waals surface area (Å²) in [5.74, 6) is 0.678. The molecule has 1 aliphatic heterocycles. The second-order valence-corrected chi connectivity index (χ2v) is 6.61. The lowest BCUT2D eigenvalue weighted by Crippen LogP contribution is -2.45. The smallest absolute Gasteiger partial charge is 0.263 e. The summed E-state index contributed by atoms with van der Waals surface area (Å²) in [6.07, 6.45) is 4.70. The van der Waals surface area contributed by atoms with Gasteiger partial charge in [-0.25, -0.2) is 13.4 Å². The number of aromatic nitrogens is 2. The fourth-order valence-corrected chi connectivity index (χ4v) is 3.79. The number of rotatable bonds is 2. The number of hydrogen-bond acceptors (Lipinski definition) is 4. The first-order valence-corrected chi connectivity index (χ1v) is 7.64. The van der Waals surface area contributed by atoms with Crippen LogP contribution in [0.5, 0.6) is 0 Å². The molecule has 0 aliphatic carbocycles. The lowest BCUT2D eigenvalue weighted by atomic mass is 10.2. The molecule has 2 rings (SSSR count). The van der Waals surface area contributed by atoms with E-state index in [2.05, 4.69) is 4.98 Å². The van der Waals surface area contributed by atoms with Crippen molar-refractivity contribution in [1.82, 2.24) is 13.9 Å². The van der Waals surface area contributed by atoms with E-state index < -0.39 is 16.2 Å². The number of imidazole rings is 1. The molecule has 1 aromatic heterocycles. The van der Waals surface area contributed by atoms with Gasteiger partial charge in [-0.05, 0) is 19.8 Å². The summed E-state index contributed by atoms with van der Waals surface area (Å²) < 4.78 is 28.1. The number of aryl methyl sites for hydroxylation is 2. The van der Waals surface area contributed by atoms with Gasteiger partial charge in [-0.1, -0.05) is 12.8 Å². The van der Waals surface area contributed by atoms with Crippen molar-refractivity contribution in [1.29, 1.82) is 0 Å².